The molecule has 5 rings (SSSR count). The molecule has 0 amide bonds. The van der Waals surface area contributed by atoms with Crippen LogP contribution in [0.25, 0.3) is 22.3 Å². The maximum atomic E-state index is 12.8. The number of hydrogen-bond donors (Lipinski definition) is 9. The zero-order valence-electron chi connectivity index (χ0n) is 23.3. The number of phenols is 2. The summed E-state index contributed by atoms with van der Waals surface area (Å²) in [5.41, 5.74) is -1.07. The van der Waals surface area contributed by atoms with Crippen molar-refractivity contribution in [3.63, 3.8) is 0 Å². The van der Waals surface area contributed by atoms with Crippen LogP contribution >= 0.6 is 0 Å². The van der Waals surface area contributed by atoms with Gasteiger partial charge < -0.3 is 74.1 Å². The average molecular weight is 625 g/mol. The lowest BCUT2D eigenvalue weighted by Crippen LogP contribution is -2.64. The lowest BCUT2D eigenvalue weighted by molar-refractivity contribution is -0.354. The molecule has 0 aliphatic carbocycles. The monoisotopic (exact) mass is 624 g/mol. The largest absolute Gasteiger partial charge is 0.508 e. The highest BCUT2D eigenvalue weighted by molar-refractivity contribution is 5.88. The third kappa shape index (κ3) is 5.63. The Kier molecular flexibility index (Phi) is 8.90. The van der Waals surface area contributed by atoms with Crippen molar-refractivity contribution in [2.75, 3.05) is 13.7 Å². The number of aliphatic hydroxyl groups is 6. The number of rotatable bonds is 7. The van der Waals surface area contributed by atoms with Gasteiger partial charge in [-0.2, -0.15) is 0 Å². The van der Waals surface area contributed by atoms with E-state index in [0.29, 0.717) is 0 Å². The topological polar surface area (TPSA) is 258 Å². The molecular weight excluding hydrogens is 592 g/mol. The van der Waals surface area contributed by atoms with E-state index in [0.717, 1.165) is 12.1 Å². The van der Waals surface area contributed by atoms with E-state index in [1.54, 1.807) is 0 Å². The Morgan fingerprint density at radius 1 is 0.841 bits per heavy atom. The molecule has 2 aliphatic heterocycles. The molecule has 3 heterocycles. The normalized spacial score (nSPS) is 32.5. The maximum Gasteiger partial charge on any atom is 0.238 e. The molecule has 0 saturated carbocycles. The molecule has 44 heavy (non-hydrogen) atoms. The van der Waals surface area contributed by atoms with E-state index in [1.807, 2.05) is 0 Å². The summed E-state index contributed by atoms with van der Waals surface area (Å²) >= 11 is 0. The van der Waals surface area contributed by atoms with Gasteiger partial charge >= 0.3 is 0 Å². The number of methoxy groups -OCH3 is 1. The summed E-state index contributed by atoms with van der Waals surface area (Å²) in [6.07, 6.45) is -15.4. The van der Waals surface area contributed by atoms with Gasteiger partial charge in [-0.1, -0.05) is 0 Å². The molecular formula is C28H32O16. The Bertz CT molecular complexity index is 1560. The van der Waals surface area contributed by atoms with E-state index < -0.39 is 84.9 Å². The highest BCUT2D eigenvalue weighted by Crippen LogP contribution is 2.40. The van der Waals surface area contributed by atoms with Gasteiger partial charge in [0.25, 0.3) is 0 Å². The molecule has 16 nitrogen and oxygen atoms in total. The highest BCUT2D eigenvalue weighted by Gasteiger charge is 2.51. The molecule has 240 valence electrons. The van der Waals surface area contributed by atoms with E-state index in [-0.39, 0.29) is 39.5 Å². The molecule has 5 unspecified atom stereocenters. The minimum absolute atomic E-state index is 0.0203. The van der Waals surface area contributed by atoms with Crippen LogP contribution in [0.4, 0.5) is 0 Å². The number of benzene rings is 2. The highest BCUT2D eigenvalue weighted by atomic mass is 16.8. The number of fused-ring (bicyclic) bond motifs is 1. The molecule has 2 aromatic carbocycles. The van der Waals surface area contributed by atoms with Crippen LogP contribution in [-0.4, -0.2) is 121 Å². The van der Waals surface area contributed by atoms with Crippen LogP contribution in [0, 0.1) is 0 Å². The molecule has 2 aliphatic rings. The smallest absolute Gasteiger partial charge is 0.238 e. The van der Waals surface area contributed by atoms with E-state index in [9.17, 15) is 50.8 Å². The van der Waals surface area contributed by atoms with Crippen molar-refractivity contribution in [2.45, 2.75) is 68.3 Å². The summed E-state index contributed by atoms with van der Waals surface area (Å²) in [4.78, 5) is 12.8. The molecule has 9 N–H and O–H groups in total. The second-order valence-corrected chi connectivity index (χ2v) is 10.4. The van der Waals surface area contributed by atoms with Gasteiger partial charge in [-0.05, 0) is 25.1 Å². The van der Waals surface area contributed by atoms with Crippen molar-refractivity contribution in [2.24, 2.45) is 0 Å². The van der Waals surface area contributed by atoms with Crippen LogP contribution in [0.1, 0.15) is 6.92 Å². The minimum Gasteiger partial charge on any atom is -0.508 e. The fourth-order valence-electron chi connectivity index (χ4n) is 5.08. The van der Waals surface area contributed by atoms with Crippen molar-refractivity contribution in [1.82, 2.24) is 0 Å². The zero-order chi connectivity index (χ0) is 32.0. The molecule has 2 fully saturated rings. The predicted octanol–water partition coefficient (Wildman–Crippen LogP) is -1.38. The van der Waals surface area contributed by atoms with Gasteiger partial charge in [-0.15, -0.1) is 0 Å². The fourth-order valence-corrected chi connectivity index (χ4v) is 5.08. The Morgan fingerprint density at radius 3 is 2.25 bits per heavy atom. The molecule has 0 spiro atoms. The van der Waals surface area contributed by atoms with Crippen LogP contribution < -0.4 is 14.9 Å². The third-order valence-corrected chi connectivity index (χ3v) is 7.53. The van der Waals surface area contributed by atoms with Gasteiger partial charge in [-0.3, -0.25) is 4.79 Å². The minimum atomic E-state index is -1.76. The lowest BCUT2D eigenvalue weighted by atomic mass is 9.97. The van der Waals surface area contributed by atoms with Crippen molar-refractivity contribution < 1.29 is 74.1 Å². The number of hydrogen-bond acceptors (Lipinski definition) is 16. The summed E-state index contributed by atoms with van der Waals surface area (Å²) in [7, 11) is 1.27. The van der Waals surface area contributed by atoms with E-state index in [1.165, 1.54) is 32.2 Å². The first kappa shape index (κ1) is 31.7. The third-order valence-electron chi connectivity index (χ3n) is 7.53. The predicted molar refractivity (Wildman–Crippen MR) is 145 cm³/mol. The van der Waals surface area contributed by atoms with Crippen molar-refractivity contribution in [3.05, 3.63) is 40.6 Å². The quantitative estimate of drug-likeness (QED) is 0.147. The summed E-state index contributed by atoms with van der Waals surface area (Å²) in [5.74, 6) is -2.23. The Morgan fingerprint density at radius 2 is 1.57 bits per heavy atom. The number of ether oxygens (including phenoxy) is 5. The van der Waals surface area contributed by atoms with Crippen LogP contribution in [0.3, 0.4) is 0 Å². The van der Waals surface area contributed by atoms with Gasteiger partial charge in [0.05, 0.1) is 19.8 Å². The lowest BCUT2D eigenvalue weighted by Gasteiger charge is -2.45. The second-order valence-electron chi connectivity index (χ2n) is 10.4. The standard InChI is InChI=1S/C28H32O16/c1-9-18(32)21(35)24(38)27(40-9)44-26-22(36)19(33)16(8-29)43-28(26)42-13-4-3-10(5-14(13)39-2)25-23(37)20(34)17-12(31)6-11(30)7-15(17)41-25/h3-7,9,16,18-19,21-22,24,26-33,35-38H,8H2,1-2H3/t9?,16?,18-,19-,21?,22?,24+,26?,27+,28+/m1/s1. The Balaban J connectivity index is 1.47. The molecule has 1 aromatic heterocycles. The van der Waals surface area contributed by atoms with Crippen LogP contribution in [0.2, 0.25) is 0 Å². The molecule has 2 saturated heterocycles. The van der Waals surface area contributed by atoms with Gasteiger partial charge in [0, 0.05) is 17.7 Å². The van der Waals surface area contributed by atoms with Crippen molar-refractivity contribution in [1.29, 1.82) is 0 Å². The first-order valence-electron chi connectivity index (χ1n) is 13.4. The fraction of sp³-hybridized carbons (Fsp3) is 0.464. The average Bonchev–Trinajstić information content (AvgIpc) is 2.99. The summed E-state index contributed by atoms with van der Waals surface area (Å²) in [6, 6.07) is 5.98. The van der Waals surface area contributed by atoms with Gasteiger partial charge in [0.2, 0.25) is 17.5 Å². The Labute approximate surface area is 248 Å². The molecule has 10 atom stereocenters. The SMILES string of the molecule is COc1cc(-c2oc3cc(O)cc(O)c3c(=O)c2O)ccc1O[C@H]1OC(CO)[C@@H](O)C(O)C1O[C@@H]1OC(C)[C@@H](O)C(O)[C@@H]1O. The van der Waals surface area contributed by atoms with Gasteiger partial charge in [-0.25, -0.2) is 0 Å². The van der Waals surface area contributed by atoms with E-state index in [2.05, 4.69) is 0 Å². The van der Waals surface area contributed by atoms with Crippen LogP contribution in [0.5, 0.6) is 28.7 Å². The van der Waals surface area contributed by atoms with E-state index in [4.69, 9.17) is 28.1 Å². The van der Waals surface area contributed by atoms with Gasteiger partial charge in [0.1, 0.15) is 59.1 Å². The second kappa shape index (κ2) is 12.4. The summed E-state index contributed by atoms with van der Waals surface area (Å²) < 4.78 is 33.7. The summed E-state index contributed by atoms with van der Waals surface area (Å²) in [5, 5.41) is 91.7. The maximum absolute atomic E-state index is 12.8. The number of phenolic OH excluding ortho intramolecular Hbond substituents is 2. The van der Waals surface area contributed by atoms with Crippen LogP contribution in [0.15, 0.2) is 39.5 Å². The summed E-state index contributed by atoms with van der Waals surface area (Å²) in [6.45, 7) is 0.693. The van der Waals surface area contributed by atoms with E-state index >= 15 is 0 Å². The first-order chi connectivity index (χ1) is 20.9. The molecule has 0 radical (unpaired) electrons. The number of aromatic hydroxyl groups is 3. The zero-order valence-corrected chi connectivity index (χ0v) is 23.3. The Hall–Kier alpha value is -3.71. The van der Waals surface area contributed by atoms with Crippen molar-refractivity contribution in [3.8, 4) is 40.1 Å². The van der Waals surface area contributed by atoms with Crippen LogP contribution in [-0.2, 0) is 14.2 Å². The molecule has 0 bridgehead atoms. The number of aliphatic hydroxyl groups excluding tert-OH is 6. The molecule has 16 heteroatoms. The first-order valence-corrected chi connectivity index (χ1v) is 13.4. The molecule has 3 aromatic rings. The van der Waals surface area contributed by atoms with Crippen molar-refractivity contribution >= 4 is 11.0 Å². The van der Waals surface area contributed by atoms with Gasteiger partial charge in [0.15, 0.2) is 29.7 Å².